The number of rotatable bonds is 0. The molecule has 2 aromatic carbocycles. The van der Waals surface area contributed by atoms with Gasteiger partial charge >= 0.3 is 0 Å². The number of allylic oxidation sites excluding steroid dienone is 2. The van der Waals surface area contributed by atoms with Crippen molar-refractivity contribution in [3.05, 3.63) is 80.9 Å². The molecule has 288 valence electrons. The van der Waals surface area contributed by atoms with E-state index in [2.05, 4.69) is 120 Å². The molecule has 4 unspecified atom stereocenters. The van der Waals surface area contributed by atoms with E-state index in [0.717, 1.165) is 33.4 Å². The van der Waals surface area contributed by atoms with Gasteiger partial charge in [-0.1, -0.05) is 120 Å². The molecule has 6 bridgehead atoms. The number of halogens is 4. The standard InChI is InChI=1S/C46H52Cl4O4/c1-37(2,3)29-15-23-13-27-21-43(39(7,8)9)36(46(43,49)50)42(33(27)51)20-26-18-30(38(4,5)6)16-24(32(26)54-42)14-28-22-44(40(10,11)12)35(45(44,47)48)41(34(28)52)19-25(17-29)31(23)53-41/h15-18,21-22,35-36H,13-14,19-20H2,1-12H3/t35?,36?,41-,42+,43?,44?. The summed E-state index contributed by atoms with van der Waals surface area (Å²) in [6, 6.07) is 8.68. The van der Waals surface area contributed by atoms with Crippen molar-refractivity contribution in [2.24, 2.45) is 33.5 Å². The van der Waals surface area contributed by atoms with Crippen molar-refractivity contribution < 1.29 is 19.1 Å². The van der Waals surface area contributed by atoms with Crippen LogP contribution in [0.25, 0.3) is 0 Å². The van der Waals surface area contributed by atoms with E-state index in [-0.39, 0.29) is 35.2 Å². The Balaban J connectivity index is 1.37. The second kappa shape index (κ2) is 10.2. The van der Waals surface area contributed by atoms with Gasteiger partial charge in [0.25, 0.3) is 0 Å². The number of alkyl halides is 4. The summed E-state index contributed by atoms with van der Waals surface area (Å²) in [6.45, 7) is 26.0. The van der Waals surface area contributed by atoms with Crippen LogP contribution in [0, 0.1) is 33.5 Å². The Labute approximate surface area is 340 Å². The number of fused-ring (bicyclic) bond motifs is 4. The fourth-order valence-corrected chi connectivity index (χ4v) is 14.7. The summed E-state index contributed by atoms with van der Waals surface area (Å²) in [7, 11) is 0. The van der Waals surface area contributed by atoms with Crippen LogP contribution in [0.3, 0.4) is 0 Å². The van der Waals surface area contributed by atoms with Crippen molar-refractivity contribution >= 4 is 58.0 Å². The molecule has 54 heavy (non-hydrogen) atoms. The van der Waals surface area contributed by atoms with E-state index in [4.69, 9.17) is 55.9 Å². The number of benzene rings is 2. The van der Waals surface area contributed by atoms with Crippen molar-refractivity contribution in [2.45, 2.75) is 139 Å². The molecule has 0 saturated heterocycles. The van der Waals surface area contributed by atoms with Crippen molar-refractivity contribution in [3.63, 3.8) is 0 Å². The van der Waals surface area contributed by atoms with E-state index in [1.54, 1.807) is 0 Å². The highest BCUT2D eigenvalue weighted by Crippen LogP contribution is 2.84. The van der Waals surface area contributed by atoms with Gasteiger partial charge in [-0.15, -0.1) is 46.4 Å². The third kappa shape index (κ3) is 4.26. The minimum Gasteiger partial charge on any atom is -0.478 e. The molecule has 2 fully saturated rings. The normalized spacial score (nSPS) is 35.2. The second-order valence-corrected chi connectivity index (χ2v) is 24.6. The molecular formula is C46H52Cl4O4. The molecule has 0 aromatic heterocycles. The number of ketones is 2. The third-order valence-corrected chi connectivity index (χ3v) is 16.7. The molecule has 8 heteroatoms. The molecule has 4 aliphatic carbocycles. The predicted octanol–water partition coefficient (Wildman–Crippen LogP) is 11.1. The van der Waals surface area contributed by atoms with Crippen molar-refractivity contribution in [2.75, 3.05) is 0 Å². The molecule has 9 rings (SSSR count). The quantitative estimate of drug-likeness (QED) is 0.249. The van der Waals surface area contributed by atoms with E-state index in [1.165, 1.54) is 0 Å². The molecule has 3 heterocycles. The highest BCUT2D eigenvalue weighted by molar-refractivity contribution is 6.53. The first kappa shape index (κ1) is 37.6. The monoisotopic (exact) mass is 808 g/mol. The van der Waals surface area contributed by atoms with Crippen molar-refractivity contribution in [3.8, 4) is 11.5 Å². The molecule has 2 aromatic rings. The number of Topliss-reactive ketones (excluding diaryl/α,β-unsaturated/α-hetero) is 2. The second-order valence-electron chi connectivity index (χ2n) is 21.8. The predicted molar refractivity (Wildman–Crippen MR) is 218 cm³/mol. The first-order valence-electron chi connectivity index (χ1n) is 19.5. The zero-order valence-electron chi connectivity index (χ0n) is 33.6. The Morgan fingerprint density at radius 3 is 1.15 bits per heavy atom. The summed E-state index contributed by atoms with van der Waals surface area (Å²) in [5.41, 5.74) is 1.63. The molecule has 6 atom stereocenters. The Morgan fingerprint density at radius 1 is 0.537 bits per heavy atom. The van der Waals surface area contributed by atoms with Crippen LogP contribution in [-0.2, 0) is 46.1 Å². The minimum absolute atomic E-state index is 0.0837. The minimum atomic E-state index is -1.32. The molecule has 0 N–H and O–H groups in total. The van der Waals surface area contributed by atoms with Crippen LogP contribution in [0.1, 0.15) is 116 Å². The SMILES string of the molecule is CC(C)(C)c1cc2c3c(c1)C[C@]1(O3)C(=O)C(=CC3(C(C)(C)C)C1C3(Cl)Cl)Cc1cc(C(C)(C)C)cc3c1O[C@]1(C3)C(=O)C(=CC3(C(C)(C)C)C1C3(Cl)Cl)C2. The van der Waals surface area contributed by atoms with Gasteiger partial charge < -0.3 is 9.47 Å². The van der Waals surface area contributed by atoms with Gasteiger partial charge in [-0.2, -0.15) is 0 Å². The summed E-state index contributed by atoms with van der Waals surface area (Å²) in [5.74, 6) is 0.147. The zero-order chi connectivity index (χ0) is 39.6. The van der Waals surface area contributed by atoms with Crippen LogP contribution >= 0.6 is 46.4 Å². The Morgan fingerprint density at radius 2 is 0.852 bits per heavy atom. The van der Waals surface area contributed by atoms with Gasteiger partial charge in [0.05, 0.1) is 11.8 Å². The Kier molecular flexibility index (Phi) is 7.08. The summed E-state index contributed by atoms with van der Waals surface area (Å²) < 4.78 is 12.0. The maximum Gasteiger partial charge on any atom is 0.203 e. The number of ether oxygens (including phenoxy) is 2. The highest BCUT2D eigenvalue weighted by Gasteiger charge is 2.89. The summed E-state index contributed by atoms with van der Waals surface area (Å²) in [6.07, 6.45) is 5.38. The van der Waals surface area contributed by atoms with Crippen LogP contribution in [0.15, 0.2) is 47.6 Å². The summed E-state index contributed by atoms with van der Waals surface area (Å²) in [5, 5.41) is 0. The van der Waals surface area contributed by atoms with Crippen LogP contribution < -0.4 is 9.47 Å². The first-order chi connectivity index (χ1) is 24.5. The van der Waals surface area contributed by atoms with Crippen LogP contribution in [0.5, 0.6) is 11.5 Å². The topological polar surface area (TPSA) is 52.6 Å². The van der Waals surface area contributed by atoms with Gasteiger partial charge in [0.2, 0.25) is 11.6 Å². The molecule has 4 nitrogen and oxygen atoms in total. The average Bonchev–Trinajstić information content (AvgIpc) is 3.49. The Hall–Kier alpha value is -1.98. The fourth-order valence-electron chi connectivity index (χ4n) is 11.7. The first-order valence-corrected chi connectivity index (χ1v) is 21.0. The van der Waals surface area contributed by atoms with E-state index >= 15 is 9.59 Å². The van der Waals surface area contributed by atoms with Crippen molar-refractivity contribution in [1.82, 2.24) is 0 Å². The van der Waals surface area contributed by atoms with E-state index in [1.807, 2.05) is 0 Å². The smallest absolute Gasteiger partial charge is 0.203 e. The van der Waals surface area contributed by atoms with Gasteiger partial charge in [-0.05, 0) is 55.0 Å². The molecule has 3 aliphatic heterocycles. The van der Waals surface area contributed by atoms with Crippen molar-refractivity contribution in [1.29, 1.82) is 0 Å². The molecule has 2 saturated carbocycles. The van der Waals surface area contributed by atoms with Gasteiger partial charge in [-0.25, -0.2) is 0 Å². The molecule has 2 spiro atoms. The number of hydrogen-bond donors (Lipinski definition) is 0. The van der Waals surface area contributed by atoms with Crippen LogP contribution in [0.4, 0.5) is 0 Å². The summed E-state index contributed by atoms with van der Waals surface area (Å²) >= 11 is 29.9. The Bertz CT molecular complexity index is 2040. The van der Waals surface area contributed by atoms with E-state index in [0.29, 0.717) is 35.5 Å². The molecule has 0 amide bonds. The molecule has 7 aliphatic rings. The number of hydrogen-bond acceptors (Lipinski definition) is 4. The average molecular weight is 811 g/mol. The maximum absolute atomic E-state index is 15.4. The summed E-state index contributed by atoms with van der Waals surface area (Å²) in [4.78, 5) is 30.9. The fraction of sp³-hybridized carbons (Fsp3) is 0.609. The van der Waals surface area contributed by atoms with Crippen LogP contribution in [0.2, 0.25) is 0 Å². The lowest BCUT2D eigenvalue weighted by Gasteiger charge is -2.40. The van der Waals surface area contributed by atoms with Crippen LogP contribution in [-0.4, -0.2) is 31.4 Å². The van der Waals surface area contributed by atoms with E-state index in [9.17, 15) is 0 Å². The zero-order valence-corrected chi connectivity index (χ0v) is 36.6. The molecular weight excluding hydrogens is 758 g/mol. The lowest BCUT2D eigenvalue weighted by atomic mass is 9.65. The number of carbonyl (C=O) groups excluding carboxylic acids is 2. The van der Waals surface area contributed by atoms with Gasteiger partial charge in [-0.3, -0.25) is 9.59 Å². The maximum atomic E-state index is 15.4. The number of carbonyl (C=O) groups is 2. The van der Waals surface area contributed by atoms with E-state index < -0.39 is 53.4 Å². The lowest BCUT2D eigenvalue weighted by Crippen LogP contribution is -2.53. The van der Waals surface area contributed by atoms with Gasteiger partial charge in [0.15, 0.2) is 11.2 Å². The van der Waals surface area contributed by atoms with Gasteiger partial charge in [0.1, 0.15) is 20.2 Å². The molecule has 0 radical (unpaired) electrons. The van der Waals surface area contributed by atoms with Gasteiger partial charge in [0, 0.05) is 47.7 Å². The third-order valence-electron chi connectivity index (χ3n) is 14.6. The lowest BCUT2D eigenvalue weighted by molar-refractivity contribution is -0.134. The highest BCUT2D eigenvalue weighted by atomic mass is 35.5. The largest absolute Gasteiger partial charge is 0.478 e.